The van der Waals surface area contributed by atoms with Crippen molar-refractivity contribution >= 4 is 11.8 Å². The van der Waals surface area contributed by atoms with Crippen molar-refractivity contribution in [3.63, 3.8) is 0 Å². The van der Waals surface area contributed by atoms with Crippen LogP contribution in [0.1, 0.15) is 63.5 Å². The fraction of sp³-hybridized carbons (Fsp3) is 0.636. The van der Waals surface area contributed by atoms with Crippen molar-refractivity contribution in [1.29, 1.82) is 0 Å². The third-order valence-electron chi connectivity index (χ3n) is 6.23. The molecule has 4 atom stereocenters. The molecule has 28 heavy (non-hydrogen) atoms. The first-order valence-electron chi connectivity index (χ1n) is 10.7. The second kappa shape index (κ2) is 8.52. The summed E-state index contributed by atoms with van der Waals surface area (Å²) in [6.45, 7) is 2.04. The van der Waals surface area contributed by atoms with E-state index in [-0.39, 0.29) is 30.5 Å². The topological polar surface area (TPSA) is 79.5 Å². The zero-order valence-electron chi connectivity index (χ0n) is 16.6. The van der Waals surface area contributed by atoms with Crippen molar-refractivity contribution in [3.8, 4) is 5.75 Å². The number of fused-ring (bicyclic) bond motifs is 1. The number of rotatable bonds is 7. The van der Waals surface area contributed by atoms with Crippen molar-refractivity contribution in [2.24, 2.45) is 5.92 Å². The molecule has 152 valence electrons. The summed E-state index contributed by atoms with van der Waals surface area (Å²) in [5.41, 5.74) is 1.03. The predicted octanol–water partition coefficient (Wildman–Crippen LogP) is 2.44. The molecule has 6 nitrogen and oxygen atoms in total. The molecule has 6 heteroatoms. The Labute approximate surface area is 166 Å². The van der Waals surface area contributed by atoms with Crippen LogP contribution in [0.25, 0.3) is 0 Å². The Morgan fingerprint density at radius 3 is 2.61 bits per heavy atom. The lowest BCUT2D eigenvalue weighted by Gasteiger charge is -2.24. The van der Waals surface area contributed by atoms with Gasteiger partial charge in [-0.2, -0.15) is 0 Å². The first kappa shape index (κ1) is 19.2. The van der Waals surface area contributed by atoms with Gasteiger partial charge < -0.3 is 20.7 Å². The van der Waals surface area contributed by atoms with Gasteiger partial charge >= 0.3 is 0 Å². The van der Waals surface area contributed by atoms with Gasteiger partial charge in [-0.1, -0.05) is 25.0 Å². The maximum atomic E-state index is 12.7. The summed E-state index contributed by atoms with van der Waals surface area (Å²) >= 11 is 0. The first-order chi connectivity index (χ1) is 13.6. The molecule has 1 saturated heterocycles. The number of carbonyl (C=O) groups is 2. The maximum Gasteiger partial charge on any atom is 0.258 e. The van der Waals surface area contributed by atoms with Crippen LogP contribution in [0.2, 0.25) is 0 Å². The quantitative estimate of drug-likeness (QED) is 0.674. The number of hydrogen-bond acceptors (Lipinski definition) is 4. The molecule has 1 heterocycles. The Balaban J connectivity index is 1.24. The summed E-state index contributed by atoms with van der Waals surface area (Å²) in [6, 6.07) is 8.33. The lowest BCUT2D eigenvalue weighted by molar-refractivity contribution is -0.124. The van der Waals surface area contributed by atoms with Gasteiger partial charge in [0.1, 0.15) is 5.75 Å². The number of ether oxygens (including phenoxy) is 1. The van der Waals surface area contributed by atoms with Crippen LogP contribution < -0.4 is 20.7 Å². The number of benzene rings is 1. The van der Waals surface area contributed by atoms with E-state index in [1.807, 2.05) is 31.2 Å². The minimum absolute atomic E-state index is 0.0395. The SMILES string of the molecule is CC(NC(=O)C1CC2CCCCC2N1)c1ccc(OCC(=O)NC2CC2)cc1. The summed E-state index contributed by atoms with van der Waals surface area (Å²) < 4.78 is 5.54. The van der Waals surface area contributed by atoms with Crippen molar-refractivity contribution < 1.29 is 14.3 Å². The van der Waals surface area contributed by atoms with Crippen LogP contribution in [-0.4, -0.2) is 36.5 Å². The van der Waals surface area contributed by atoms with Gasteiger partial charge in [0, 0.05) is 12.1 Å². The molecule has 2 aliphatic carbocycles. The zero-order valence-corrected chi connectivity index (χ0v) is 16.6. The van der Waals surface area contributed by atoms with Crippen molar-refractivity contribution in [1.82, 2.24) is 16.0 Å². The van der Waals surface area contributed by atoms with E-state index in [9.17, 15) is 9.59 Å². The molecule has 4 unspecified atom stereocenters. The van der Waals surface area contributed by atoms with Crippen LogP contribution in [0.4, 0.5) is 0 Å². The maximum absolute atomic E-state index is 12.7. The van der Waals surface area contributed by atoms with Crippen molar-refractivity contribution in [2.45, 2.75) is 76.0 Å². The normalized spacial score (nSPS) is 27.5. The van der Waals surface area contributed by atoms with Crippen molar-refractivity contribution in [2.75, 3.05) is 6.61 Å². The molecular weight excluding hydrogens is 354 g/mol. The van der Waals surface area contributed by atoms with E-state index >= 15 is 0 Å². The Morgan fingerprint density at radius 2 is 1.89 bits per heavy atom. The minimum Gasteiger partial charge on any atom is -0.484 e. The van der Waals surface area contributed by atoms with Gasteiger partial charge in [0.15, 0.2) is 6.61 Å². The monoisotopic (exact) mass is 385 g/mol. The fourth-order valence-corrected chi connectivity index (χ4v) is 4.42. The number of nitrogens with one attached hydrogen (secondary N) is 3. The molecule has 1 aromatic carbocycles. The van der Waals surface area contributed by atoms with Gasteiger partial charge in [0.25, 0.3) is 5.91 Å². The van der Waals surface area contributed by atoms with Gasteiger partial charge in [-0.3, -0.25) is 9.59 Å². The van der Waals surface area contributed by atoms with E-state index in [1.54, 1.807) is 0 Å². The Bertz CT molecular complexity index is 687. The van der Waals surface area contributed by atoms with Crippen LogP contribution >= 0.6 is 0 Å². The molecule has 3 N–H and O–H groups in total. The van der Waals surface area contributed by atoms with Crippen LogP contribution in [0.3, 0.4) is 0 Å². The summed E-state index contributed by atoms with van der Waals surface area (Å²) in [5, 5.41) is 9.58. The van der Waals surface area contributed by atoms with E-state index in [0.29, 0.717) is 23.8 Å². The van der Waals surface area contributed by atoms with E-state index in [1.165, 1.54) is 25.7 Å². The molecule has 0 radical (unpaired) electrons. The highest BCUT2D eigenvalue weighted by Gasteiger charge is 2.38. The molecule has 3 fully saturated rings. The standard InChI is InChI=1S/C22H31N3O3/c1-14(23-22(27)20-12-16-4-2-3-5-19(16)25-20)15-6-10-18(11-7-15)28-13-21(26)24-17-8-9-17/h6-7,10-11,14,16-17,19-20,25H,2-5,8-9,12-13H2,1H3,(H,23,27)(H,24,26). The van der Waals surface area contributed by atoms with E-state index in [2.05, 4.69) is 16.0 Å². The molecule has 1 aliphatic heterocycles. The average molecular weight is 386 g/mol. The molecule has 2 saturated carbocycles. The molecule has 1 aromatic rings. The summed E-state index contributed by atoms with van der Waals surface area (Å²) in [4.78, 5) is 24.4. The fourth-order valence-electron chi connectivity index (χ4n) is 4.42. The average Bonchev–Trinajstić information content (AvgIpc) is 3.40. The third kappa shape index (κ3) is 4.85. The number of hydrogen-bond donors (Lipinski definition) is 3. The van der Waals surface area contributed by atoms with Crippen LogP contribution in [0, 0.1) is 5.92 Å². The summed E-state index contributed by atoms with van der Waals surface area (Å²) in [7, 11) is 0. The summed E-state index contributed by atoms with van der Waals surface area (Å²) in [5.74, 6) is 1.35. The smallest absolute Gasteiger partial charge is 0.258 e. The Morgan fingerprint density at radius 1 is 1.14 bits per heavy atom. The highest BCUT2D eigenvalue weighted by Crippen LogP contribution is 2.33. The summed E-state index contributed by atoms with van der Waals surface area (Å²) in [6.07, 6.45) is 8.11. The minimum atomic E-state index is -0.0724. The molecule has 3 aliphatic rings. The van der Waals surface area contributed by atoms with Crippen LogP contribution in [-0.2, 0) is 9.59 Å². The lowest BCUT2D eigenvalue weighted by Crippen LogP contribution is -2.43. The van der Waals surface area contributed by atoms with Crippen LogP contribution in [0.5, 0.6) is 5.75 Å². The number of amides is 2. The van der Waals surface area contributed by atoms with Gasteiger partial charge in [-0.25, -0.2) is 0 Å². The van der Waals surface area contributed by atoms with Gasteiger partial charge in [-0.05, 0) is 62.6 Å². The predicted molar refractivity (Wildman–Crippen MR) is 107 cm³/mol. The molecule has 0 spiro atoms. The van der Waals surface area contributed by atoms with Crippen LogP contribution in [0.15, 0.2) is 24.3 Å². The first-order valence-corrected chi connectivity index (χ1v) is 10.7. The van der Waals surface area contributed by atoms with E-state index in [4.69, 9.17) is 4.74 Å². The highest BCUT2D eigenvalue weighted by molar-refractivity contribution is 5.82. The Hall–Kier alpha value is -2.08. The number of carbonyl (C=O) groups excluding carboxylic acids is 2. The lowest BCUT2D eigenvalue weighted by atomic mass is 9.85. The Kier molecular flexibility index (Phi) is 5.85. The third-order valence-corrected chi connectivity index (χ3v) is 6.23. The highest BCUT2D eigenvalue weighted by atomic mass is 16.5. The molecular formula is C22H31N3O3. The van der Waals surface area contributed by atoms with Gasteiger partial charge in [0.05, 0.1) is 12.1 Å². The second-order valence-corrected chi connectivity index (χ2v) is 8.54. The molecule has 2 amide bonds. The zero-order chi connectivity index (χ0) is 19.5. The molecule has 0 bridgehead atoms. The van der Waals surface area contributed by atoms with E-state index < -0.39 is 0 Å². The van der Waals surface area contributed by atoms with Crippen molar-refractivity contribution in [3.05, 3.63) is 29.8 Å². The van der Waals surface area contributed by atoms with Gasteiger partial charge in [-0.15, -0.1) is 0 Å². The van der Waals surface area contributed by atoms with E-state index in [0.717, 1.165) is 24.8 Å². The largest absolute Gasteiger partial charge is 0.484 e. The molecule has 0 aromatic heterocycles. The van der Waals surface area contributed by atoms with Gasteiger partial charge in [0.2, 0.25) is 5.91 Å². The molecule has 4 rings (SSSR count). The second-order valence-electron chi connectivity index (χ2n) is 8.54.